The van der Waals surface area contributed by atoms with Crippen LogP contribution in [-0.4, -0.2) is 85.1 Å². The molecule has 248 valence electrons. The summed E-state index contributed by atoms with van der Waals surface area (Å²) in [5, 5.41) is 0. The lowest BCUT2D eigenvalue weighted by molar-refractivity contribution is 0.126. The van der Waals surface area contributed by atoms with Crippen LogP contribution in [0.3, 0.4) is 0 Å². The minimum atomic E-state index is -3.69. The molecule has 0 radical (unpaired) electrons. The van der Waals surface area contributed by atoms with Gasteiger partial charge in [0.05, 0.1) is 0 Å². The predicted molar refractivity (Wildman–Crippen MR) is 196 cm³/mol. The average molecular weight is 756 g/mol. The summed E-state index contributed by atoms with van der Waals surface area (Å²) in [5.74, 6) is 0. The summed E-state index contributed by atoms with van der Waals surface area (Å²) >= 11 is 0. The molecular weight excluding hydrogens is 689 g/mol. The maximum atomic E-state index is 7.10. The van der Waals surface area contributed by atoms with Crippen molar-refractivity contribution in [2.75, 3.05) is 0 Å². The van der Waals surface area contributed by atoms with Crippen molar-refractivity contribution in [3.63, 3.8) is 0 Å². The molecule has 0 aliphatic heterocycles. The van der Waals surface area contributed by atoms with E-state index in [-0.39, 0.29) is 0 Å². The Morgan fingerprint density at radius 1 is 0.171 bits per heavy atom. The lowest BCUT2D eigenvalue weighted by Gasteiger charge is -2.48. The van der Waals surface area contributed by atoms with Gasteiger partial charge in [-0.15, -0.1) is 0 Å². The molecule has 0 rings (SSSR count). The van der Waals surface area contributed by atoms with Gasteiger partial charge in [-0.3, -0.25) is 0 Å². The van der Waals surface area contributed by atoms with Crippen LogP contribution >= 0.6 is 0 Å². The summed E-state index contributed by atoms with van der Waals surface area (Å²) in [6.45, 7) is 46.6. The highest BCUT2D eigenvalue weighted by Crippen LogP contribution is 2.34. The Bertz CT molecular complexity index is 682. The first-order valence-electron chi connectivity index (χ1n) is 14.7. The second-order valence-corrected chi connectivity index (χ2v) is 56.6. The van der Waals surface area contributed by atoms with Crippen molar-refractivity contribution in [3.05, 3.63) is 0 Å². The highest BCUT2D eigenvalue weighted by atomic mass is 28.6. The first-order valence-corrected chi connectivity index (χ1v) is 44.0. The van der Waals surface area contributed by atoms with Crippen molar-refractivity contribution in [2.24, 2.45) is 0 Å². The Hall–Kier alpha value is 1.81. The molecule has 0 heterocycles. The smallest absolute Gasteiger partial charge is 0.417 e. The maximum absolute atomic E-state index is 7.10. The first kappa shape index (κ1) is 42.8. The molecule has 0 aliphatic carbocycles. The van der Waals surface area contributed by atoms with E-state index in [1.807, 2.05) is 26.2 Å². The third kappa shape index (κ3) is 21.3. The molecule has 9 nitrogen and oxygen atoms in total. The predicted octanol–water partition coefficient (Wildman–Crippen LogP) is 8.42. The van der Waals surface area contributed by atoms with Crippen LogP contribution in [0.5, 0.6) is 0 Å². The normalized spacial score (nSPS) is 16.0. The van der Waals surface area contributed by atoms with Gasteiger partial charge in [0.1, 0.15) is 0 Å². The molecule has 0 unspecified atom stereocenters. The minimum absolute atomic E-state index is 1.93. The van der Waals surface area contributed by atoms with E-state index in [0.29, 0.717) is 0 Å². The highest BCUT2D eigenvalue weighted by molar-refractivity contribution is 6.94. The molecule has 0 fully saturated rings. The molecule has 19 heteroatoms. The largest absolute Gasteiger partial charge is 0.475 e. The fraction of sp³-hybridized carbons (Fsp3) is 1.00. The van der Waals surface area contributed by atoms with Gasteiger partial charge in [-0.25, -0.2) is 0 Å². The maximum Gasteiger partial charge on any atom is 0.475 e. The van der Waals surface area contributed by atoms with Crippen LogP contribution in [0.15, 0.2) is 0 Å². The van der Waals surface area contributed by atoms with Crippen molar-refractivity contribution in [2.45, 2.75) is 144 Å². The minimum Gasteiger partial charge on any atom is -0.417 e. The summed E-state index contributed by atoms with van der Waals surface area (Å²) in [4.78, 5) is 0. The van der Waals surface area contributed by atoms with Crippen LogP contribution in [0.1, 0.15) is 0 Å². The lowest BCUT2D eigenvalue weighted by atomic mass is 11.8. The Balaban J connectivity index is 7.24. The Labute approximate surface area is 264 Å². The third-order valence-corrected chi connectivity index (χ3v) is 36.6. The first-order chi connectivity index (χ1) is 17.4. The SMILES string of the molecule is C[Si](C)(C)O[Si](C)(O[Si](C)(C)C)O[Si](C)(O[Si](C)(O[Si](C)(C)C)O[Si](C)(C)C)O[Si](C)(O[Si](C)(C)C)O[Si](C)(C)C. The van der Waals surface area contributed by atoms with Crippen LogP contribution in [0.4, 0.5) is 0 Å². The van der Waals surface area contributed by atoms with E-state index in [1.54, 1.807) is 0 Å². The van der Waals surface area contributed by atoms with E-state index in [2.05, 4.69) is 118 Å². The van der Waals surface area contributed by atoms with Crippen LogP contribution in [-0.2, 0) is 37.0 Å². The van der Waals surface area contributed by atoms with Crippen molar-refractivity contribution in [1.82, 2.24) is 0 Å². The van der Waals surface area contributed by atoms with Crippen LogP contribution in [0.2, 0.25) is 144 Å². The quantitative estimate of drug-likeness (QED) is 0.128. The standard InChI is InChI=1S/C22H66O9Si10/c1-32(2,3)23-38(19,24-33(4,5)6)29-41(22,30-39(20,25-34(7,8)9)26-35(10,11)12)31-40(21,27-36(13,14)15)28-37(16,17)18/h1-22H3. The zero-order chi connectivity index (χ0) is 33.4. The van der Waals surface area contributed by atoms with Crippen molar-refractivity contribution >= 4 is 85.1 Å². The van der Waals surface area contributed by atoms with Crippen LogP contribution in [0.25, 0.3) is 0 Å². The van der Waals surface area contributed by atoms with Gasteiger partial charge in [0, 0.05) is 26.2 Å². The van der Waals surface area contributed by atoms with Crippen LogP contribution in [0, 0.1) is 0 Å². The number of hydrogen-bond donors (Lipinski definition) is 0. The van der Waals surface area contributed by atoms with Gasteiger partial charge >= 0.3 is 35.2 Å². The summed E-state index contributed by atoms with van der Waals surface area (Å²) in [6.07, 6.45) is 0. The molecule has 0 aliphatic rings. The molecule has 0 amide bonds. The average Bonchev–Trinajstić information content (AvgIpc) is 2.37. The Morgan fingerprint density at radius 2 is 0.268 bits per heavy atom. The zero-order valence-electron chi connectivity index (χ0n) is 30.7. The fourth-order valence-corrected chi connectivity index (χ4v) is 45.9. The number of hydrogen-bond acceptors (Lipinski definition) is 9. The van der Waals surface area contributed by atoms with E-state index in [0.717, 1.165) is 0 Å². The van der Waals surface area contributed by atoms with E-state index in [9.17, 15) is 0 Å². The molecule has 41 heavy (non-hydrogen) atoms. The lowest BCUT2D eigenvalue weighted by Crippen LogP contribution is -2.70. The molecule has 0 spiro atoms. The monoisotopic (exact) mass is 754 g/mol. The molecule has 0 saturated heterocycles. The van der Waals surface area contributed by atoms with E-state index in [4.69, 9.17) is 37.0 Å². The topological polar surface area (TPSA) is 83.1 Å². The van der Waals surface area contributed by atoms with Gasteiger partial charge in [0.25, 0.3) is 0 Å². The zero-order valence-corrected chi connectivity index (χ0v) is 40.7. The molecule has 0 aromatic rings. The summed E-state index contributed by atoms with van der Waals surface area (Å²) in [6, 6.07) is 0. The molecular formula is C22H66O9Si10. The molecule has 0 N–H and O–H groups in total. The molecule has 0 aromatic heterocycles. The summed E-state index contributed by atoms with van der Waals surface area (Å²) < 4.78 is 61.9. The van der Waals surface area contributed by atoms with Crippen molar-refractivity contribution in [3.8, 4) is 0 Å². The summed E-state index contributed by atoms with van der Waals surface area (Å²) in [7, 11) is -26.1. The van der Waals surface area contributed by atoms with Gasteiger partial charge in [-0.2, -0.15) is 0 Å². The molecule has 0 atom stereocenters. The van der Waals surface area contributed by atoms with Crippen molar-refractivity contribution in [1.29, 1.82) is 0 Å². The molecule has 0 saturated carbocycles. The summed E-state index contributed by atoms with van der Waals surface area (Å²) in [5.41, 5.74) is 0. The second kappa shape index (κ2) is 13.9. The van der Waals surface area contributed by atoms with Crippen LogP contribution < -0.4 is 0 Å². The van der Waals surface area contributed by atoms with Gasteiger partial charge in [-0.1, -0.05) is 0 Å². The van der Waals surface area contributed by atoms with E-state index >= 15 is 0 Å². The highest BCUT2D eigenvalue weighted by Gasteiger charge is 2.61. The van der Waals surface area contributed by atoms with Gasteiger partial charge in [-0.05, 0) is 118 Å². The number of rotatable bonds is 18. The fourth-order valence-electron chi connectivity index (χ4n) is 4.60. The Kier molecular flexibility index (Phi) is 14.5. The van der Waals surface area contributed by atoms with Crippen molar-refractivity contribution < 1.29 is 37.0 Å². The van der Waals surface area contributed by atoms with Gasteiger partial charge < -0.3 is 37.0 Å². The van der Waals surface area contributed by atoms with E-state index in [1.165, 1.54) is 0 Å². The second-order valence-electron chi connectivity index (χ2n) is 17.0. The molecule has 0 bridgehead atoms. The van der Waals surface area contributed by atoms with E-state index < -0.39 is 85.1 Å². The molecule has 0 aromatic carbocycles. The third-order valence-electron chi connectivity index (χ3n) is 4.06. The van der Waals surface area contributed by atoms with Gasteiger partial charge in [0.2, 0.25) is 0 Å². The van der Waals surface area contributed by atoms with Gasteiger partial charge in [0.15, 0.2) is 49.9 Å². The Morgan fingerprint density at radius 3 is 0.366 bits per heavy atom.